The molecule has 0 spiro atoms. The van der Waals surface area contributed by atoms with Gasteiger partial charge in [-0.1, -0.05) is 23.8 Å². The highest BCUT2D eigenvalue weighted by molar-refractivity contribution is 6.03. The molecule has 7 nitrogen and oxygen atoms in total. The second-order valence-electron chi connectivity index (χ2n) is 7.78. The van der Waals surface area contributed by atoms with Crippen LogP contribution < -0.4 is 20.1 Å². The Morgan fingerprint density at radius 3 is 2.62 bits per heavy atom. The molecule has 166 valence electrons. The van der Waals surface area contributed by atoms with Gasteiger partial charge in [-0.25, -0.2) is 4.68 Å². The van der Waals surface area contributed by atoms with Gasteiger partial charge in [-0.2, -0.15) is 18.3 Å². The van der Waals surface area contributed by atoms with Crippen LogP contribution >= 0.6 is 0 Å². The van der Waals surface area contributed by atoms with Gasteiger partial charge < -0.3 is 20.1 Å². The Labute approximate surface area is 181 Å². The maximum atomic E-state index is 13.9. The number of ether oxygens (including phenoxy) is 2. The van der Waals surface area contributed by atoms with Crippen molar-refractivity contribution in [1.29, 1.82) is 0 Å². The van der Waals surface area contributed by atoms with Gasteiger partial charge in [-0.3, -0.25) is 4.79 Å². The van der Waals surface area contributed by atoms with E-state index in [0.29, 0.717) is 22.7 Å². The van der Waals surface area contributed by atoms with Crippen LogP contribution in [0.15, 0.2) is 48.5 Å². The fourth-order valence-electron chi connectivity index (χ4n) is 3.86. The van der Waals surface area contributed by atoms with Crippen molar-refractivity contribution in [3.05, 3.63) is 65.4 Å². The molecule has 0 saturated heterocycles. The van der Waals surface area contributed by atoms with Gasteiger partial charge in [0.05, 0.1) is 6.04 Å². The van der Waals surface area contributed by atoms with Crippen molar-refractivity contribution >= 4 is 17.4 Å². The quantitative estimate of drug-likeness (QED) is 0.605. The molecule has 0 unspecified atom stereocenters. The summed E-state index contributed by atoms with van der Waals surface area (Å²) in [5.41, 5.74) is 2.08. The maximum Gasteiger partial charge on any atom is 0.410 e. The molecule has 2 N–H and O–H groups in total. The Morgan fingerprint density at radius 1 is 1.12 bits per heavy atom. The standard InChI is InChI=1S/C22H19F3N4O3/c1-12-2-5-14(6-3-12)26-21(30)16-10-20-27-15(9-19(22(23,24)25)29(20)28-16)13-4-7-17-18(8-13)32-11-31-17/h2-8,10,15,19,27H,9,11H2,1H3,(H,26,30)/t15-,19-/m0/s1. The summed E-state index contributed by atoms with van der Waals surface area (Å²) in [6.45, 7) is 1.99. The fraction of sp³-hybridized carbons (Fsp3) is 0.273. The van der Waals surface area contributed by atoms with Crippen LogP contribution in [0.3, 0.4) is 0 Å². The van der Waals surface area contributed by atoms with Crippen LogP contribution in [0.4, 0.5) is 24.7 Å². The first kappa shape index (κ1) is 20.2. The summed E-state index contributed by atoms with van der Waals surface area (Å²) in [6, 6.07) is 10.9. The zero-order valence-corrected chi connectivity index (χ0v) is 16.9. The molecule has 2 atom stereocenters. The minimum absolute atomic E-state index is 0.0777. The number of benzene rings is 2. The monoisotopic (exact) mass is 444 g/mol. The summed E-state index contributed by atoms with van der Waals surface area (Å²) >= 11 is 0. The van der Waals surface area contributed by atoms with E-state index in [1.807, 2.05) is 19.1 Å². The van der Waals surface area contributed by atoms with E-state index < -0.39 is 24.2 Å². The van der Waals surface area contributed by atoms with E-state index in [4.69, 9.17) is 9.47 Å². The van der Waals surface area contributed by atoms with Gasteiger partial charge in [-0.05, 0) is 36.8 Å². The Balaban J connectivity index is 1.44. The smallest absolute Gasteiger partial charge is 0.410 e. The number of halogens is 3. The SMILES string of the molecule is Cc1ccc(NC(=O)c2cc3n(n2)[C@H](C(F)(F)F)C[C@@H](c2ccc4c(c2)OCO4)N3)cc1. The molecule has 3 heterocycles. The average Bonchev–Trinajstić information content (AvgIpc) is 3.40. The molecule has 2 aromatic carbocycles. The summed E-state index contributed by atoms with van der Waals surface area (Å²) in [6.07, 6.45) is -4.82. The number of fused-ring (bicyclic) bond motifs is 2. The number of nitrogens with zero attached hydrogens (tertiary/aromatic N) is 2. The zero-order chi connectivity index (χ0) is 22.5. The van der Waals surface area contributed by atoms with Crippen LogP contribution in [0, 0.1) is 6.92 Å². The van der Waals surface area contributed by atoms with Gasteiger partial charge >= 0.3 is 6.18 Å². The normalized spacial score (nSPS) is 19.2. The van der Waals surface area contributed by atoms with Gasteiger partial charge in [0, 0.05) is 18.2 Å². The fourth-order valence-corrected chi connectivity index (χ4v) is 3.86. The Hall–Kier alpha value is -3.69. The molecular formula is C22H19F3N4O3. The number of aryl methyl sites for hydroxylation is 1. The summed E-state index contributed by atoms with van der Waals surface area (Å²) in [7, 11) is 0. The molecule has 0 radical (unpaired) electrons. The molecular weight excluding hydrogens is 425 g/mol. The van der Waals surface area contributed by atoms with E-state index in [0.717, 1.165) is 10.2 Å². The molecule has 0 fully saturated rings. The number of rotatable bonds is 3. The first-order valence-electron chi connectivity index (χ1n) is 9.98. The number of carbonyl (C=O) groups is 1. The Morgan fingerprint density at radius 2 is 1.88 bits per heavy atom. The lowest BCUT2D eigenvalue weighted by Crippen LogP contribution is -2.35. The highest BCUT2D eigenvalue weighted by atomic mass is 19.4. The van der Waals surface area contributed by atoms with E-state index in [-0.39, 0.29) is 24.7 Å². The maximum absolute atomic E-state index is 13.9. The van der Waals surface area contributed by atoms with Crippen molar-refractivity contribution < 1.29 is 27.4 Å². The molecule has 2 aliphatic heterocycles. The van der Waals surface area contributed by atoms with Crippen LogP contribution in [-0.4, -0.2) is 28.7 Å². The van der Waals surface area contributed by atoms with Crippen molar-refractivity contribution in [2.75, 3.05) is 17.4 Å². The number of anilines is 2. The molecule has 5 rings (SSSR count). The first-order valence-corrected chi connectivity index (χ1v) is 9.98. The summed E-state index contributed by atoms with van der Waals surface area (Å²) in [5.74, 6) is 0.579. The van der Waals surface area contributed by atoms with Gasteiger partial charge in [0.15, 0.2) is 23.2 Å². The minimum Gasteiger partial charge on any atom is -0.454 e. The van der Waals surface area contributed by atoms with Crippen molar-refractivity contribution in [1.82, 2.24) is 9.78 Å². The van der Waals surface area contributed by atoms with E-state index in [1.54, 1.807) is 30.3 Å². The number of hydrogen-bond acceptors (Lipinski definition) is 5. The molecule has 32 heavy (non-hydrogen) atoms. The highest BCUT2D eigenvalue weighted by Gasteiger charge is 2.47. The van der Waals surface area contributed by atoms with Crippen LogP contribution in [-0.2, 0) is 0 Å². The van der Waals surface area contributed by atoms with Gasteiger partial charge in [-0.15, -0.1) is 0 Å². The van der Waals surface area contributed by atoms with Crippen LogP contribution in [0.1, 0.15) is 40.1 Å². The molecule has 3 aromatic rings. The number of amides is 1. The third-order valence-electron chi connectivity index (χ3n) is 5.53. The lowest BCUT2D eigenvalue weighted by atomic mass is 9.96. The highest BCUT2D eigenvalue weighted by Crippen LogP contribution is 2.45. The second-order valence-corrected chi connectivity index (χ2v) is 7.78. The molecule has 10 heteroatoms. The Bertz CT molecular complexity index is 1170. The topological polar surface area (TPSA) is 77.4 Å². The van der Waals surface area contributed by atoms with Gasteiger partial charge in [0.25, 0.3) is 5.91 Å². The molecule has 0 bridgehead atoms. The van der Waals surface area contributed by atoms with Gasteiger partial charge in [0.2, 0.25) is 6.79 Å². The molecule has 0 saturated carbocycles. The van der Waals surface area contributed by atoms with Gasteiger partial charge in [0.1, 0.15) is 5.82 Å². The van der Waals surface area contributed by atoms with E-state index in [2.05, 4.69) is 15.7 Å². The van der Waals surface area contributed by atoms with E-state index >= 15 is 0 Å². The number of carbonyl (C=O) groups excluding carboxylic acids is 1. The van der Waals surface area contributed by atoms with Crippen LogP contribution in [0.2, 0.25) is 0 Å². The Kier molecular flexibility index (Phi) is 4.72. The third kappa shape index (κ3) is 3.72. The number of alkyl halides is 3. The predicted octanol–water partition coefficient (Wildman–Crippen LogP) is 4.83. The number of hydrogen-bond donors (Lipinski definition) is 2. The van der Waals surface area contributed by atoms with Crippen molar-refractivity contribution in [2.24, 2.45) is 0 Å². The molecule has 2 aliphatic rings. The van der Waals surface area contributed by atoms with Crippen molar-refractivity contribution in [2.45, 2.75) is 31.6 Å². The molecule has 0 aliphatic carbocycles. The lowest BCUT2D eigenvalue weighted by Gasteiger charge is -2.33. The predicted molar refractivity (Wildman–Crippen MR) is 110 cm³/mol. The minimum atomic E-state index is -4.54. The summed E-state index contributed by atoms with van der Waals surface area (Å²) in [4.78, 5) is 12.6. The second kappa shape index (κ2) is 7.47. The van der Waals surface area contributed by atoms with E-state index in [9.17, 15) is 18.0 Å². The van der Waals surface area contributed by atoms with Crippen molar-refractivity contribution in [3.8, 4) is 11.5 Å². The lowest BCUT2D eigenvalue weighted by molar-refractivity contribution is -0.173. The van der Waals surface area contributed by atoms with Crippen molar-refractivity contribution in [3.63, 3.8) is 0 Å². The van der Waals surface area contributed by atoms with Crippen LogP contribution in [0.5, 0.6) is 11.5 Å². The van der Waals surface area contributed by atoms with Crippen LogP contribution in [0.25, 0.3) is 0 Å². The number of aromatic nitrogens is 2. The third-order valence-corrected chi connectivity index (χ3v) is 5.53. The first-order chi connectivity index (χ1) is 15.3. The average molecular weight is 444 g/mol. The molecule has 1 amide bonds. The largest absolute Gasteiger partial charge is 0.454 e. The number of nitrogens with one attached hydrogen (secondary N) is 2. The van der Waals surface area contributed by atoms with E-state index in [1.165, 1.54) is 6.07 Å². The summed E-state index contributed by atoms with van der Waals surface area (Å²) in [5, 5.41) is 9.72. The molecule has 1 aromatic heterocycles. The zero-order valence-electron chi connectivity index (χ0n) is 16.9. The summed E-state index contributed by atoms with van der Waals surface area (Å²) < 4.78 is 53.1.